The first-order valence-corrected chi connectivity index (χ1v) is 30.6. The van der Waals surface area contributed by atoms with E-state index in [2.05, 4.69) is 69.4 Å². The molecule has 0 aliphatic rings. The van der Waals surface area contributed by atoms with Gasteiger partial charge >= 0.3 is 17.9 Å². The third-order valence-electron chi connectivity index (χ3n) is 13.6. The lowest BCUT2D eigenvalue weighted by molar-refractivity contribution is -0.167. The molecule has 0 spiro atoms. The number of ether oxygens (including phenoxy) is 3. The Morgan fingerprint density at radius 1 is 0.286 bits per heavy atom. The Balaban J connectivity index is 4.37. The van der Waals surface area contributed by atoms with Gasteiger partial charge in [-0.2, -0.15) is 0 Å². The van der Waals surface area contributed by atoms with Crippen molar-refractivity contribution in [1.29, 1.82) is 0 Å². The van der Waals surface area contributed by atoms with Crippen LogP contribution < -0.4 is 0 Å². The zero-order valence-electron chi connectivity index (χ0n) is 46.8. The average Bonchev–Trinajstić information content (AvgIpc) is 3.36. The van der Waals surface area contributed by atoms with Gasteiger partial charge in [0, 0.05) is 19.3 Å². The van der Waals surface area contributed by atoms with Gasteiger partial charge in [-0.1, -0.05) is 268 Å². The third kappa shape index (κ3) is 56.3. The highest BCUT2D eigenvalue weighted by Crippen LogP contribution is 2.17. The number of allylic oxidation sites excluding steroid dienone is 8. The van der Waals surface area contributed by atoms with E-state index in [0.29, 0.717) is 19.3 Å². The summed E-state index contributed by atoms with van der Waals surface area (Å²) in [6.45, 7) is 6.62. The molecule has 0 heterocycles. The number of carbonyl (C=O) groups excluding carboxylic acids is 3. The number of unbranched alkanes of at least 4 members (excludes halogenated alkanes) is 37. The normalized spacial score (nSPS) is 12.3. The van der Waals surface area contributed by atoms with Gasteiger partial charge in [0.05, 0.1) is 0 Å². The van der Waals surface area contributed by atoms with Gasteiger partial charge in [-0.3, -0.25) is 14.4 Å². The first kappa shape index (κ1) is 67.4. The summed E-state index contributed by atoms with van der Waals surface area (Å²) in [6.07, 6.45) is 72.4. The molecule has 0 fully saturated rings. The fraction of sp³-hybridized carbons (Fsp3) is 0.828. The van der Waals surface area contributed by atoms with Crippen LogP contribution in [0.15, 0.2) is 48.6 Å². The van der Waals surface area contributed by atoms with E-state index in [1.54, 1.807) is 0 Å². The van der Waals surface area contributed by atoms with Crippen molar-refractivity contribution in [2.24, 2.45) is 0 Å². The van der Waals surface area contributed by atoms with Crippen LogP contribution in [-0.2, 0) is 28.6 Å². The molecule has 0 aromatic heterocycles. The zero-order chi connectivity index (χ0) is 50.7. The quantitative estimate of drug-likeness (QED) is 0.0261. The minimum atomic E-state index is -0.779. The van der Waals surface area contributed by atoms with Crippen LogP contribution in [0.1, 0.15) is 323 Å². The molecule has 0 bridgehead atoms. The minimum Gasteiger partial charge on any atom is -0.462 e. The van der Waals surface area contributed by atoms with Crippen molar-refractivity contribution >= 4 is 17.9 Å². The summed E-state index contributed by atoms with van der Waals surface area (Å²) in [5.41, 5.74) is 0. The Bertz CT molecular complexity index is 1220. The predicted molar refractivity (Wildman–Crippen MR) is 302 cm³/mol. The highest BCUT2D eigenvalue weighted by atomic mass is 16.6. The summed E-state index contributed by atoms with van der Waals surface area (Å²) >= 11 is 0. The van der Waals surface area contributed by atoms with Crippen LogP contribution in [0.3, 0.4) is 0 Å². The van der Waals surface area contributed by atoms with Gasteiger partial charge in [0.2, 0.25) is 0 Å². The van der Waals surface area contributed by atoms with Crippen molar-refractivity contribution in [1.82, 2.24) is 0 Å². The third-order valence-corrected chi connectivity index (χ3v) is 13.6. The molecule has 0 saturated heterocycles. The molecule has 6 heteroatoms. The summed E-state index contributed by atoms with van der Waals surface area (Å²) in [6, 6.07) is 0. The van der Waals surface area contributed by atoms with E-state index in [1.807, 2.05) is 0 Å². The van der Waals surface area contributed by atoms with Crippen LogP contribution in [0, 0.1) is 0 Å². The Kier molecular flexibility index (Phi) is 56.7. The van der Waals surface area contributed by atoms with Crippen LogP contribution in [-0.4, -0.2) is 37.2 Å². The maximum absolute atomic E-state index is 12.9. The smallest absolute Gasteiger partial charge is 0.306 e. The van der Waals surface area contributed by atoms with Gasteiger partial charge in [0.15, 0.2) is 6.10 Å². The van der Waals surface area contributed by atoms with Gasteiger partial charge in [-0.15, -0.1) is 0 Å². The maximum atomic E-state index is 12.9. The van der Waals surface area contributed by atoms with E-state index < -0.39 is 6.10 Å². The second-order valence-electron chi connectivity index (χ2n) is 20.6. The zero-order valence-corrected chi connectivity index (χ0v) is 46.8. The number of hydrogen-bond donors (Lipinski definition) is 0. The molecule has 0 aliphatic carbocycles. The Morgan fingerprint density at radius 3 is 0.814 bits per heavy atom. The predicted octanol–water partition coefficient (Wildman–Crippen LogP) is 20.6. The lowest BCUT2D eigenvalue weighted by Crippen LogP contribution is -2.30. The fourth-order valence-electron chi connectivity index (χ4n) is 8.92. The number of esters is 3. The van der Waals surface area contributed by atoms with Gasteiger partial charge in [0.1, 0.15) is 13.2 Å². The highest BCUT2D eigenvalue weighted by Gasteiger charge is 2.19. The summed E-state index contributed by atoms with van der Waals surface area (Å²) < 4.78 is 16.9. The number of hydrogen-bond acceptors (Lipinski definition) is 6. The van der Waals surface area contributed by atoms with E-state index in [0.717, 1.165) is 83.5 Å². The standard InChI is InChI=1S/C64H116O6/c1-4-7-10-13-16-19-22-25-28-31-34-36-39-42-45-48-51-54-57-63(66)69-60-61(70-64(67)58-55-52-49-46-43-40-37-33-30-27-24-21-18-15-12-9-6-3)59-68-62(65)56-53-50-47-44-41-38-35-32-29-26-23-20-17-14-11-8-5-2/h17-18,20-21,26-27,29-30,61H,4-16,19,22-25,28,31-60H2,1-3H3/b20-17-,21-18-,29-26-,30-27-. The molecule has 1 unspecified atom stereocenters. The molecule has 0 aromatic rings. The lowest BCUT2D eigenvalue weighted by Gasteiger charge is -2.18. The van der Waals surface area contributed by atoms with Crippen LogP contribution in [0.25, 0.3) is 0 Å². The number of carbonyl (C=O) groups is 3. The van der Waals surface area contributed by atoms with Crippen LogP contribution in [0.4, 0.5) is 0 Å². The fourth-order valence-corrected chi connectivity index (χ4v) is 8.92. The van der Waals surface area contributed by atoms with E-state index in [-0.39, 0.29) is 31.1 Å². The van der Waals surface area contributed by atoms with E-state index in [1.165, 1.54) is 199 Å². The largest absolute Gasteiger partial charge is 0.462 e. The summed E-state index contributed by atoms with van der Waals surface area (Å²) in [5.74, 6) is -0.873. The van der Waals surface area contributed by atoms with E-state index in [4.69, 9.17) is 14.2 Å². The lowest BCUT2D eigenvalue weighted by atomic mass is 10.0. The molecular formula is C64H116O6. The molecule has 0 saturated carbocycles. The minimum absolute atomic E-state index is 0.0756. The molecule has 0 N–H and O–H groups in total. The van der Waals surface area contributed by atoms with Gasteiger partial charge < -0.3 is 14.2 Å². The Labute approximate surface area is 435 Å². The first-order chi connectivity index (χ1) is 34.5. The van der Waals surface area contributed by atoms with Crippen LogP contribution >= 0.6 is 0 Å². The first-order valence-electron chi connectivity index (χ1n) is 30.6. The van der Waals surface area contributed by atoms with Crippen molar-refractivity contribution in [2.75, 3.05) is 13.2 Å². The van der Waals surface area contributed by atoms with E-state index in [9.17, 15) is 14.4 Å². The van der Waals surface area contributed by atoms with Crippen molar-refractivity contribution in [2.45, 2.75) is 329 Å². The molecule has 0 aromatic carbocycles. The van der Waals surface area contributed by atoms with Crippen molar-refractivity contribution in [3.05, 3.63) is 48.6 Å². The second kappa shape index (κ2) is 58.9. The summed E-state index contributed by atoms with van der Waals surface area (Å²) in [5, 5.41) is 0. The van der Waals surface area contributed by atoms with Gasteiger partial charge in [0.25, 0.3) is 0 Å². The molecule has 408 valence electrons. The Hall–Kier alpha value is -2.63. The molecule has 0 radical (unpaired) electrons. The van der Waals surface area contributed by atoms with E-state index >= 15 is 0 Å². The molecule has 0 amide bonds. The van der Waals surface area contributed by atoms with Gasteiger partial charge in [-0.05, 0) is 83.5 Å². The second-order valence-corrected chi connectivity index (χ2v) is 20.6. The highest BCUT2D eigenvalue weighted by molar-refractivity contribution is 5.71. The van der Waals surface area contributed by atoms with Gasteiger partial charge in [-0.25, -0.2) is 0 Å². The maximum Gasteiger partial charge on any atom is 0.306 e. The summed E-state index contributed by atoms with van der Waals surface area (Å²) in [4.78, 5) is 38.3. The SMILES string of the molecule is CCCCC/C=C\C/C=C\CCCCCCCCCC(=O)OCC(COC(=O)CCCCCCCCCCCCCCCCCCCC)OC(=O)CCCCCCCCC/C=C\C/C=C\CCCCC. The average molecular weight is 982 g/mol. The van der Waals surface area contributed by atoms with Crippen LogP contribution in [0.2, 0.25) is 0 Å². The molecule has 6 nitrogen and oxygen atoms in total. The van der Waals surface area contributed by atoms with Crippen molar-refractivity contribution in [3.8, 4) is 0 Å². The molecule has 1 atom stereocenters. The molecule has 0 aliphatic heterocycles. The molecular weight excluding hydrogens is 865 g/mol. The monoisotopic (exact) mass is 981 g/mol. The van der Waals surface area contributed by atoms with Crippen molar-refractivity contribution in [3.63, 3.8) is 0 Å². The number of rotatable bonds is 56. The topological polar surface area (TPSA) is 78.9 Å². The van der Waals surface area contributed by atoms with Crippen LogP contribution in [0.5, 0.6) is 0 Å². The summed E-state index contributed by atoms with van der Waals surface area (Å²) in [7, 11) is 0. The Morgan fingerprint density at radius 2 is 0.514 bits per heavy atom. The molecule has 70 heavy (non-hydrogen) atoms. The van der Waals surface area contributed by atoms with Crippen molar-refractivity contribution < 1.29 is 28.6 Å². The molecule has 0 rings (SSSR count).